The Morgan fingerprint density at radius 1 is 1.20 bits per heavy atom. The van der Waals surface area contributed by atoms with Crippen LogP contribution in [0.15, 0.2) is 17.0 Å². The van der Waals surface area contributed by atoms with Crippen molar-refractivity contribution in [1.82, 2.24) is 0 Å². The van der Waals surface area contributed by atoms with Crippen LogP contribution >= 0.6 is 12.6 Å². The molecule has 4 heteroatoms. The highest BCUT2D eigenvalue weighted by atomic mass is 32.1. The first-order valence-electron chi connectivity index (χ1n) is 2.68. The summed E-state index contributed by atoms with van der Waals surface area (Å²) in [5.74, 6) is -0.00435. The highest BCUT2D eigenvalue weighted by Crippen LogP contribution is 2.27. The van der Waals surface area contributed by atoms with Crippen LogP contribution in [0.5, 0.6) is 5.75 Å². The predicted molar refractivity (Wildman–Crippen MR) is 44.2 cm³/mol. The van der Waals surface area contributed by atoms with E-state index in [1.54, 1.807) is 0 Å². The van der Waals surface area contributed by atoms with Crippen LogP contribution in [0.3, 0.4) is 0 Å². The van der Waals surface area contributed by atoms with E-state index in [0.29, 0.717) is 16.3 Å². The molecule has 1 aromatic carbocycles. The fourth-order valence-corrected chi connectivity index (χ4v) is 0.813. The minimum Gasteiger partial charge on any atom is -0.506 e. The third kappa shape index (κ3) is 1.11. The molecule has 0 unspecified atom stereocenters. The van der Waals surface area contributed by atoms with Crippen molar-refractivity contribution in [2.24, 2.45) is 0 Å². The van der Waals surface area contributed by atoms with E-state index in [0.717, 1.165) is 0 Å². The van der Waals surface area contributed by atoms with Crippen molar-refractivity contribution in [2.75, 3.05) is 11.5 Å². The Balaban J connectivity index is 3.28. The van der Waals surface area contributed by atoms with Crippen molar-refractivity contribution in [3.63, 3.8) is 0 Å². The van der Waals surface area contributed by atoms with Crippen molar-refractivity contribution >= 4 is 24.0 Å². The molecule has 0 atom stereocenters. The number of hydrogen-bond acceptors (Lipinski definition) is 4. The van der Waals surface area contributed by atoms with Gasteiger partial charge in [-0.3, -0.25) is 0 Å². The number of nitrogens with two attached hydrogens (primary N) is 2. The Labute approximate surface area is 64.1 Å². The highest BCUT2D eigenvalue weighted by Gasteiger charge is 1.99. The third-order valence-electron chi connectivity index (χ3n) is 1.18. The fourth-order valence-electron chi connectivity index (χ4n) is 0.609. The largest absolute Gasteiger partial charge is 0.506 e. The summed E-state index contributed by atoms with van der Waals surface area (Å²) < 4.78 is 0. The molecular weight excluding hydrogens is 148 g/mol. The van der Waals surface area contributed by atoms with Gasteiger partial charge >= 0.3 is 0 Å². The molecule has 1 aromatic rings. The lowest BCUT2D eigenvalue weighted by molar-refractivity contribution is 0.478. The van der Waals surface area contributed by atoms with Gasteiger partial charge < -0.3 is 16.6 Å². The van der Waals surface area contributed by atoms with Gasteiger partial charge in [0.05, 0.1) is 5.69 Å². The molecule has 0 aromatic heterocycles. The van der Waals surface area contributed by atoms with Crippen LogP contribution in [0.1, 0.15) is 0 Å². The molecule has 0 spiro atoms. The van der Waals surface area contributed by atoms with Crippen LogP contribution in [0.4, 0.5) is 11.4 Å². The van der Waals surface area contributed by atoms with Crippen molar-refractivity contribution in [2.45, 2.75) is 4.90 Å². The Morgan fingerprint density at radius 3 is 2.30 bits per heavy atom. The molecule has 1 rings (SSSR count). The number of nitrogen functional groups attached to an aromatic ring is 2. The maximum atomic E-state index is 8.99. The number of anilines is 2. The van der Waals surface area contributed by atoms with E-state index in [2.05, 4.69) is 12.6 Å². The molecule has 0 bridgehead atoms. The smallest absolute Gasteiger partial charge is 0.140 e. The van der Waals surface area contributed by atoms with E-state index >= 15 is 0 Å². The Kier molecular flexibility index (Phi) is 1.63. The molecule has 54 valence electrons. The van der Waals surface area contributed by atoms with E-state index in [9.17, 15) is 0 Å². The minimum atomic E-state index is -0.00435. The van der Waals surface area contributed by atoms with Crippen molar-refractivity contribution in [3.8, 4) is 5.75 Å². The second-order valence-corrected chi connectivity index (χ2v) is 2.45. The summed E-state index contributed by atoms with van der Waals surface area (Å²) in [6.07, 6.45) is 0. The van der Waals surface area contributed by atoms with Gasteiger partial charge in [-0.15, -0.1) is 12.6 Å². The molecule has 0 saturated heterocycles. The van der Waals surface area contributed by atoms with Gasteiger partial charge in [-0.25, -0.2) is 0 Å². The van der Waals surface area contributed by atoms with E-state index in [1.807, 2.05) is 0 Å². The van der Waals surface area contributed by atoms with E-state index in [1.165, 1.54) is 12.1 Å². The van der Waals surface area contributed by atoms with Crippen molar-refractivity contribution < 1.29 is 5.11 Å². The summed E-state index contributed by atoms with van der Waals surface area (Å²) in [7, 11) is 0. The van der Waals surface area contributed by atoms with Crippen LogP contribution < -0.4 is 11.5 Å². The average molecular weight is 156 g/mol. The molecular formula is C6H8N2OS. The molecule has 3 nitrogen and oxygen atoms in total. The summed E-state index contributed by atoms with van der Waals surface area (Å²) in [6, 6.07) is 2.88. The van der Waals surface area contributed by atoms with Gasteiger partial charge in [-0.05, 0) is 6.07 Å². The van der Waals surface area contributed by atoms with Crippen LogP contribution in [0.25, 0.3) is 0 Å². The van der Waals surface area contributed by atoms with Gasteiger partial charge in [0.2, 0.25) is 0 Å². The number of aromatic hydroxyl groups is 1. The summed E-state index contributed by atoms with van der Waals surface area (Å²) >= 11 is 4.00. The molecule has 0 aliphatic rings. The van der Waals surface area contributed by atoms with Gasteiger partial charge in [0.1, 0.15) is 5.75 Å². The van der Waals surface area contributed by atoms with Crippen LogP contribution in [0.2, 0.25) is 0 Å². The first kappa shape index (κ1) is 7.08. The Morgan fingerprint density at radius 2 is 1.80 bits per heavy atom. The molecule has 0 radical (unpaired) electrons. The topological polar surface area (TPSA) is 72.3 Å². The number of hydrogen-bond donors (Lipinski definition) is 4. The zero-order chi connectivity index (χ0) is 7.72. The summed E-state index contributed by atoms with van der Waals surface area (Å²) in [5.41, 5.74) is 11.4. The molecule has 0 heterocycles. The normalized spacial score (nSPS) is 9.70. The first-order chi connectivity index (χ1) is 4.61. The molecule has 0 saturated carbocycles. The van der Waals surface area contributed by atoms with E-state index in [-0.39, 0.29) is 5.75 Å². The Bertz CT molecular complexity index is 212. The lowest BCUT2D eigenvalue weighted by Gasteiger charge is -2.01. The zero-order valence-electron chi connectivity index (χ0n) is 5.20. The summed E-state index contributed by atoms with van der Waals surface area (Å²) in [4.78, 5) is 0.579. The van der Waals surface area contributed by atoms with Crippen molar-refractivity contribution in [3.05, 3.63) is 12.1 Å². The second kappa shape index (κ2) is 2.30. The number of benzene rings is 1. The maximum absolute atomic E-state index is 8.99. The third-order valence-corrected chi connectivity index (χ3v) is 1.56. The van der Waals surface area contributed by atoms with Crippen LogP contribution in [-0.4, -0.2) is 5.11 Å². The minimum absolute atomic E-state index is 0.00435. The molecule has 0 fully saturated rings. The standard InChI is InChI=1S/C6H8N2OS/c7-3-2-6(10)4(8)1-5(3)9/h1-2,9-10H,7-8H2. The number of thiol groups is 1. The van der Waals surface area contributed by atoms with Gasteiger partial charge in [0.15, 0.2) is 0 Å². The highest BCUT2D eigenvalue weighted by molar-refractivity contribution is 7.80. The van der Waals surface area contributed by atoms with Gasteiger partial charge in [-0.2, -0.15) is 0 Å². The molecule has 0 amide bonds. The van der Waals surface area contributed by atoms with Crippen LogP contribution in [0, 0.1) is 0 Å². The maximum Gasteiger partial charge on any atom is 0.140 e. The van der Waals surface area contributed by atoms with E-state index in [4.69, 9.17) is 16.6 Å². The quantitative estimate of drug-likeness (QED) is 0.255. The monoisotopic (exact) mass is 156 g/mol. The molecule has 10 heavy (non-hydrogen) atoms. The summed E-state index contributed by atoms with van der Waals surface area (Å²) in [6.45, 7) is 0. The number of phenolic OH excluding ortho intramolecular Hbond substituents is 1. The number of phenols is 1. The predicted octanol–water partition coefficient (Wildman–Crippen LogP) is 0.845. The van der Waals surface area contributed by atoms with E-state index < -0.39 is 0 Å². The van der Waals surface area contributed by atoms with Crippen molar-refractivity contribution in [1.29, 1.82) is 0 Å². The zero-order valence-corrected chi connectivity index (χ0v) is 6.10. The Hall–Kier alpha value is -1.03. The lowest BCUT2D eigenvalue weighted by Crippen LogP contribution is -1.90. The summed E-state index contributed by atoms with van der Waals surface area (Å²) in [5, 5.41) is 8.99. The second-order valence-electron chi connectivity index (χ2n) is 1.97. The molecule has 5 N–H and O–H groups in total. The fraction of sp³-hybridized carbons (Fsp3) is 0. The van der Waals surface area contributed by atoms with Gasteiger partial charge in [0, 0.05) is 16.6 Å². The van der Waals surface area contributed by atoms with Gasteiger partial charge in [0.25, 0.3) is 0 Å². The van der Waals surface area contributed by atoms with Gasteiger partial charge in [-0.1, -0.05) is 0 Å². The van der Waals surface area contributed by atoms with Crippen LogP contribution in [-0.2, 0) is 0 Å². The SMILES string of the molecule is Nc1cc(S)c(N)cc1O. The molecule has 0 aliphatic carbocycles. The molecule has 0 aliphatic heterocycles. The number of rotatable bonds is 0. The lowest BCUT2D eigenvalue weighted by atomic mass is 10.2. The average Bonchev–Trinajstić information content (AvgIpc) is 1.84. The first-order valence-corrected chi connectivity index (χ1v) is 3.13.